The van der Waals surface area contributed by atoms with Crippen LogP contribution in [-0.4, -0.2) is 19.6 Å². The predicted molar refractivity (Wildman–Crippen MR) is 61.7 cm³/mol. The average molecular weight is 237 g/mol. The molecule has 0 spiro atoms. The summed E-state index contributed by atoms with van der Waals surface area (Å²) in [7, 11) is 0. The summed E-state index contributed by atoms with van der Waals surface area (Å²) < 4.78 is 2.03. The second-order valence-corrected chi connectivity index (χ2v) is 4.75. The van der Waals surface area contributed by atoms with Crippen LogP contribution in [-0.2, 0) is 0 Å². The van der Waals surface area contributed by atoms with Gasteiger partial charge >= 0.3 is 0 Å². The van der Waals surface area contributed by atoms with E-state index in [4.69, 9.17) is 11.6 Å². The Morgan fingerprint density at radius 2 is 2.06 bits per heavy atom. The van der Waals surface area contributed by atoms with Gasteiger partial charge in [0, 0.05) is 12.0 Å². The summed E-state index contributed by atoms with van der Waals surface area (Å²) in [4.78, 5) is 4.25. The van der Waals surface area contributed by atoms with E-state index in [1.807, 2.05) is 11.3 Å². The number of hydrogen-bond donors (Lipinski definition) is 0. The maximum Gasteiger partial charge on any atom is 0.165 e. The van der Waals surface area contributed by atoms with Crippen molar-refractivity contribution in [1.82, 2.24) is 19.6 Å². The Hall–Kier alpha value is -1.16. The first-order valence-corrected chi connectivity index (χ1v) is 6.01. The minimum Gasteiger partial charge on any atom is -0.266 e. The van der Waals surface area contributed by atoms with Crippen molar-refractivity contribution < 1.29 is 0 Å². The van der Waals surface area contributed by atoms with Crippen molar-refractivity contribution >= 4 is 17.2 Å². The van der Waals surface area contributed by atoms with Crippen molar-refractivity contribution in [3.63, 3.8) is 0 Å². The fourth-order valence-corrected chi connectivity index (χ4v) is 2.75. The zero-order valence-corrected chi connectivity index (χ0v) is 9.91. The second kappa shape index (κ2) is 3.70. The van der Waals surface area contributed by atoms with Gasteiger partial charge in [0.2, 0.25) is 0 Å². The molecule has 4 nitrogen and oxygen atoms in total. The molecule has 0 amide bonds. The molecule has 84 valence electrons. The smallest absolute Gasteiger partial charge is 0.165 e. The minimum absolute atomic E-state index is 0.482. The van der Waals surface area contributed by atoms with E-state index in [1.54, 1.807) is 6.07 Å². The third-order valence-corrected chi connectivity index (χ3v) is 3.47. The summed E-state index contributed by atoms with van der Waals surface area (Å²) >= 11 is 5.90. The van der Waals surface area contributed by atoms with E-state index in [1.165, 1.54) is 25.7 Å². The van der Waals surface area contributed by atoms with Gasteiger partial charge < -0.3 is 0 Å². The Balaban J connectivity index is 2.18. The van der Waals surface area contributed by atoms with E-state index in [9.17, 15) is 0 Å². The number of aromatic nitrogens is 4. The zero-order chi connectivity index (χ0) is 11.1. The van der Waals surface area contributed by atoms with Crippen LogP contribution < -0.4 is 0 Å². The molecule has 0 unspecified atom stereocenters. The van der Waals surface area contributed by atoms with Gasteiger partial charge in [-0.25, -0.2) is 4.98 Å². The lowest BCUT2D eigenvalue weighted by Gasteiger charge is -2.08. The zero-order valence-electron chi connectivity index (χ0n) is 9.15. The third kappa shape index (κ3) is 1.48. The molecular weight excluding hydrogens is 224 g/mol. The van der Waals surface area contributed by atoms with Gasteiger partial charge in [0.15, 0.2) is 5.65 Å². The van der Waals surface area contributed by atoms with Crippen molar-refractivity contribution in [2.45, 2.75) is 38.5 Å². The van der Waals surface area contributed by atoms with Crippen LogP contribution in [0.3, 0.4) is 0 Å². The standard InChI is InChI=1S/C11H13ClN4/c1-7-13-9(12)6-10-14-15-11(16(7)10)8-4-2-3-5-8/h6,8H,2-5H2,1H3. The Bertz CT molecular complexity index is 528. The van der Waals surface area contributed by atoms with E-state index in [0.717, 1.165) is 17.3 Å². The Labute approximate surface area is 98.7 Å². The van der Waals surface area contributed by atoms with Gasteiger partial charge in [0.1, 0.15) is 16.8 Å². The number of fused-ring (bicyclic) bond motifs is 1. The lowest BCUT2D eigenvalue weighted by Crippen LogP contribution is -2.04. The third-order valence-electron chi connectivity index (χ3n) is 3.27. The Morgan fingerprint density at radius 3 is 2.81 bits per heavy atom. The molecule has 2 aromatic heterocycles. The highest BCUT2D eigenvalue weighted by molar-refractivity contribution is 6.29. The van der Waals surface area contributed by atoms with Crippen molar-refractivity contribution in [1.29, 1.82) is 0 Å². The fourth-order valence-electron chi connectivity index (χ4n) is 2.53. The molecule has 0 aliphatic heterocycles. The SMILES string of the molecule is Cc1nc(Cl)cc2nnc(C3CCCC3)n12. The first-order valence-electron chi connectivity index (χ1n) is 5.64. The molecule has 2 aromatic rings. The lowest BCUT2D eigenvalue weighted by molar-refractivity contribution is 0.651. The fraction of sp³-hybridized carbons (Fsp3) is 0.545. The van der Waals surface area contributed by atoms with E-state index in [0.29, 0.717) is 11.1 Å². The van der Waals surface area contributed by atoms with Crippen LogP contribution in [0.1, 0.15) is 43.3 Å². The monoisotopic (exact) mass is 236 g/mol. The largest absolute Gasteiger partial charge is 0.266 e. The average Bonchev–Trinajstić information content (AvgIpc) is 2.82. The summed E-state index contributed by atoms with van der Waals surface area (Å²) in [5.41, 5.74) is 0.805. The molecule has 3 rings (SSSR count). The number of hydrogen-bond acceptors (Lipinski definition) is 3. The summed E-state index contributed by atoms with van der Waals surface area (Å²) in [6.45, 7) is 1.95. The summed E-state index contributed by atoms with van der Waals surface area (Å²) in [6.07, 6.45) is 5.00. The van der Waals surface area contributed by atoms with Gasteiger partial charge in [0.25, 0.3) is 0 Å². The number of nitrogens with zero attached hydrogens (tertiary/aromatic N) is 4. The Morgan fingerprint density at radius 1 is 1.31 bits per heavy atom. The molecular formula is C11H13ClN4. The van der Waals surface area contributed by atoms with Crippen molar-refractivity contribution in [3.8, 4) is 0 Å². The number of aryl methyl sites for hydroxylation is 1. The molecule has 16 heavy (non-hydrogen) atoms. The minimum atomic E-state index is 0.482. The van der Waals surface area contributed by atoms with Gasteiger partial charge in [-0.2, -0.15) is 0 Å². The van der Waals surface area contributed by atoms with E-state index < -0.39 is 0 Å². The molecule has 0 saturated heterocycles. The molecule has 0 atom stereocenters. The van der Waals surface area contributed by atoms with Gasteiger partial charge in [-0.3, -0.25) is 4.40 Å². The van der Waals surface area contributed by atoms with Crippen LogP contribution in [0.5, 0.6) is 0 Å². The van der Waals surface area contributed by atoms with E-state index in [2.05, 4.69) is 15.2 Å². The van der Waals surface area contributed by atoms with Crippen molar-refractivity contribution in [3.05, 3.63) is 22.9 Å². The maximum absolute atomic E-state index is 5.90. The van der Waals surface area contributed by atoms with Gasteiger partial charge in [-0.15, -0.1) is 10.2 Å². The highest BCUT2D eigenvalue weighted by Crippen LogP contribution is 2.33. The van der Waals surface area contributed by atoms with Gasteiger partial charge in [0.05, 0.1) is 0 Å². The second-order valence-electron chi connectivity index (χ2n) is 4.36. The van der Waals surface area contributed by atoms with Crippen LogP contribution in [0.15, 0.2) is 6.07 Å². The van der Waals surface area contributed by atoms with E-state index in [-0.39, 0.29) is 0 Å². The van der Waals surface area contributed by atoms with Crippen molar-refractivity contribution in [2.75, 3.05) is 0 Å². The number of halogens is 1. The Kier molecular flexibility index (Phi) is 2.32. The van der Waals surface area contributed by atoms with Crippen LogP contribution in [0.25, 0.3) is 5.65 Å². The molecule has 1 saturated carbocycles. The normalized spacial score (nSPS) is 17.4. The summed E-state index contributed by atoms with van der Waals surface area (Å²) in [6, 6.07) is 1.76. The van der Waals surface area contributed by atoms with Crippen LogP contribution in [0, 0.1) is 6.92 Å². The van der Waals surface area contributed by atoms with Crippen LogP contribution in [0.2, 0.25) is 5.15 Å². The quantitative estimate of drug-likeness (QED) is 0.715. The maximum atomic E-state index is 5.90. The van der Waals surface area contributed by atoms with E-state index >= 15 is 0 Å². The molecule has 2 heterocycles. The number of rotatable bonds is 1. The van der Waals surface area contributed by atoms with Crippen LogP contribution >= 0.6 is 11.6 Å². The molecule has 0 N–H and O–H groups in total. The molecule has 5 heteroatoms. The molecule has 1 aliphatic rings. The topological polar surface area (TPSA) is 43.1 Å². The first kappa shape index (κ1) is 10.0. The molecule has 0 bridgehead atoms. The highest BCUT2D eigenvalue weighted by atomic mass is 35.5. The molecule has 0 radical (unpaired) electrons. The molecule has 0 aromatic carbocycles. The first-order chi connectivity index (χ1) is 7.75. The molecule has 1 aliphatic carbocycles. The predicted octanol–water partition coefficient (Wildman–Crippen LogP) is 2.74. The lowest BCUT2D eigenvalue weighted by atomic mass is 10.1. The summed E-state index contributed by atoms with van der Waals surface area (Å²) in [5, 5.41) is 8.95. The molecule has 1 fully saturated rings. The van der Waals surface area contributed by atoms with Crippen molar-refractivity contribution in [2.24, 2.45) is 0 Å². The van der Waals surface area contributed by atoms with Gasteiger partial charge in [-0.1, -0.05) is 24.4 Å². The van der Waals surface area contributed by atoms with Gasteiger partial charge in [-0.05, 0) is 19.8 Å². The van der Waals surface area contributed by atoms with Crippen LogP contribution in [0.4, 0.5) is 0 Å². The summed E-state index contributed by atoms with van der Waals surface area (Å²) in [5.74, 6) is 2.46. The highest BCUT2D eigenvalue weighted by Gasteiger charge is 2.23.